The molecule has 2 amide bonds. The maximum Gasteiger partial charge on any atom is 0.407 e. The van der Waals surface area contributed by atoms with Crippen molar-refractivity contribution in [2.24, 2.45) is 0 Å². The van der Waals surface area contributed by atoms with Gasteiger partial charge in [0.15, 0.2) is 14.9 Å². The summed E-state index contributed by atoms with van der Waals surface area (Å²) in [6.45, 7) is 0.352. The van der Waals surface area contributed by atoms with E-state index in [1.807, 2.05) is 0 Å². The van der Waals surface area contributed by atoms with Crippen molar-refractivity contribution in [2.45, 2.75) is 42.7 Å². The Labute approximate surface area is 229 Å². The monoisotopic (exact) mass is 588 g/mol. The lowest BCUT2D eigenvalue weighted by molar-refractivity contribution is 0.0975. The molecule has 1 fully saturated rings. The van der Waals surface area contributed by atoms with E-state index >= 15 is 0 Å². The highest BCUT2D eigenvalue weighted by atomic mass is 35.5. The minimum absolute atomic E-state index is 0.0426. The molecule has 3 rings (SSSR count). The van der Waals surface area contributed by atoms with Crippen molar-refractivity contribution in [3.63, 3.8) is 0 Å². The van der Waals surface area contributed by atoms with E-state index in [0.717, 1.165) is 18.4 Å². The zero-order valence-electron chi connectivity index (χ0n) is 20.4. The molecular weight excluding hydrogens is 562 g/mol. The summed E-state index contributed by atoms with van der Waals surface area (Å²) in [6.07, 6.45) is 2.93. The molecule has 0 aliphatic heterocycles. The maximum atomic E-state index is 13.8. The van der Waals surface area contributed by atoms with Gasteiger partial charge in [0.1, 0.15) is 23.1 Å². The third kappa shape index (κ3) is 9.07. The summed E-state index contributed by atoms with van der Waals surface area (Å²) < 4.78 is 55.6. The molecule has 0 radical (unpaired) electrons. The highest BCUT2D eigenvalue weighted by molar-refractivity contribution is 7.90. The maximum absolute atomic E-state index is 13.8. The number of anilines is 1. The van der Waals surface area contributed by atoms with E-state index in [9.17, 15) is 26.8 Å². The molecule has 1 aliphatic rings. The summed E-state index contributed by atoms with van der Waals surface area (Å²) in [6, 6.07) is 6.95. The topological polar surface area (TPSA) is 126 Å². The molecule has 0 bridgehead atoms. The number of sulfone groups is 1. The van der Waals surface area contributed by atoms with Gasteiger partial charge < -0.3 is 20.7 Å². The average molecular weight is 589 g/mol. The van der Waals surface area contributed by atoms with Crippen LogP contribution in [0.5, 0.6) is 0 Å². The molecule has 1 aliphatic carbocycles. The molecule has 38 heavy (non-hydrogen) atoms. The SMILES string of the molecule is CS(=O)(=O)c1cc(C(=O)NC(=S)NC2CCC(NC(=O)OCCNc3cc(F)cc(Cl)c3)CC2)ccc1F. The first-order valence-electron chi connectivity index (χ1n) is 11.7. The van der Waals surface area contributed by atoms with E-state index in [4.69, 9.17) is 28.6 Å². The van der Waals surface area contributed by atoms with E-state index in [1.165, 1.54) is 18.2 Å². The standard InChI is InChI=1S/C24H27ClF2N4O5S2/c1-38(34,35)21-10-14(2-7-20(21)27)22(32)31-23(37)29-17-3-5-18(6-4-17)30-24(33)36-9-8-28-19-12-15(25)11-16(26)13-19/h2,7,10-13,17-18,28H,3-6,8-9H2,1H3,(H,30,33)(H2,29,31,32,37). The number of hydrogen-bond donors (Lipinski definition) is 4. The Hall–Kier alpha value is -3.03. The highest BCUT2D eigenvalue weighted by Gasteiger charge is 2.24. The van der Waals surface area contributed by atoms with Gasteiger partial charge in [-0.1, -0.05) is 11.6 Å². The molecule has 0 atom stereocenters. The zero-order chi connectivity index (χ0) is 27.9. The second kappa shape index (κ2) is 13.2. The fourth-order valence-corrected chi connectivity index (χ4v) is 5.16. The third-order valence-corrected chi connectivity index (χ3v) is 7.28. The first-order valence-corrected chi connectivity index (χ1v) is 14.3. The zero-order valence-corrected chi connectivity index (χ0v) is 22.7. The molecule has 4 N–H and O–H groups in total. The second-order valence-electron chi connectivity index (χ2n) is 8.76. The smallest absolute Gasteiger partial charge is 0.407 e. The van der Waals surface area contributed by atoms with Crippen LogP contribution in [0.3, 0.4) is 0 Å². The Bertz CT molecular complexity index is 1280. The van der Waals surface area contributed by atoms with Gasteiger partial charge in [0.2, 0.25) is 0 Å². The number of carbonyl (C=O) groups is 2. The molecule has 9 nitrogen and oxygen atoms in total. The van der Waals surface area contributed by atoms with Crippen molar-refractivity contribution in [3.05, 3.63) is 58.6 Å². The molecule has 0 saturated heterocycles. The predicted molar refractivity (Wildman–Crippen MR) is 143 cm³/mol. The van der Waals surface area contributed by atoms with Crippen LogP contribution in [-0.2, 0) is 14.6 Å². The minimum atomic E-state index is -3.84. The van der Waals surface area contributed by atoms with Crippen LogP contribution in [0.15, 0.2) is 41.3 Å². The van der Waals surface area contributed by atoms with Crippen molar-refractivity contribution in [1.82, 2.24) is 16.0 Å². The lowest BCUT2D eigenvalue weighted by Crippen LogP contribution is -2.48. The Morgan fingerprint density at radius 2 is 1.71 bits per heavy atom. The molecule has 2 aromatic carbocycles. The summed E-state index contributed by atoms with van der Waals surface area (Å²) in [5, 5.41) is 11.6. The molecule has 0 unspecified atom stereocenters. The van der Waals surface area contributed by atoms with Gasteiger partial charge in [0.25, 0.3) is 5.91 Å². The molecule has 0 spiro atoms. The summed E-state index contributed by atoms with van der Waals surface area (Å²) in [5.41, 5.74) is 0.438. The van der Waals surface area contributed by atoms with Crippen LogP contribution in [0.1, 0.15) is 36.0 Å². The lowest BCUT2D eigenvalue weighted by Gasteiger charge is -2.30. The summed E-state index contributed by atoms with van der Waals surface area (Å²) in [7, 11) is -3.84. The van der Waals surface area contributed by atoms with Crippen molar-refractivity contribution in [1.29, 1.82) is 0 Å². The number of thiocarbonyl (C=S) groups is 1. The van der Waals surface area contributed by atoms with Crippen LogP contribution in [0, 0.1) is 11.6 Å². The quantitative estimate of drug-likeness (QED) is 0.271. The van der Waals surface area contributed by atoms with Crippen molar-refractivity contribution in [2.75, 3.05) is 24.7 Å². The van der Waals surface area contributed by atoms with Crippen LogP contribution in [0.2, 0.25) is 5.02 Å². The number of amides is 2. The highest BCUT2D eigenvalue weighted by Crippen LogP contribution is 2.20. The molecule has 14 heteroatoms. The first-order chi connectivity index (χ1) is 17.9. The number of ether oxygens (including phenoxy) is 1. The van der Waals surface area contributed by atoms with Gasteiger partial charge in [-0.15, -0.1) is 0 Å². The third-order valence-electron chi connectivity index (χ3n) is 5.73. The largest absolute Gasteiger partial charge is 0.448 e. The summed E-state index contributed by atoms with van der Waals surface area (Å²) in [4.78, 5) is 23.9. The van der Waals surface area contributed by atoms with Gasteiger partial charge >= 0.3 is 6.09 Å². The van der Waals surface area contributed by atoms with E-state index in [0.29, 0.717) is 31.4 Å². The number of rotatable bonds is 8. The normalized spacial score (nSPS) is 17.3. The van der Waals surface area contributed by atoms with Crippen LogP contribution in [0.25, 0.3) is 0 Å². The Balaban J connectivity index is 1.35. The number of halogens is 3. The number of carbonyl (C=O) groups excluding carboxylic acids is 2. The predicted octanol–water partition coefficient (Wildman–Crippen LogP) is 3.78. The number of hydrogen-bond acceptors (Lipinski definition) is 7. The molecule has 2 aromatic rings. The molecular formula is C24H27ClF2N4O5S2. The molecule has 1 saturated carbocycles. The van der Waals surface area contributed by atoms with Gasteiger partial charge in [-0.05, 0) is 74.3 Å². The van der Waals surface area contributed by atoms with Crippen molar-refractivity contribution >= 4 is 56.5 Å². The van der Waals surface area contributed by atoms with Crippen molar-refractivity contribution < 1.29 is 31.5 Å². The fourth-order valence-electron chi connectivity index (χ4n) is 3.91. The molecule has 0 aromatic heterocycles. The van der Waals surface area contributed by atoms with E-state index in [1.54, 1.807) is 6.07 Å². The molecule has 206 valence electrons. The lowest BCUT2D eigenvalue weighted by atomic mass is 9.91. The van der Waals surface area contributed by atoms with Gasteiger partial charge in [0, 0.05) is 41.2 Å². The van der Waals surface area contributed by atoms with Gasteiger partial charge in [-0.3, -0.25) is 10.1 Å². The fraction of sp³-hybridized carbons (Fsp3) is 0.375. The number of alkyl carbamates (subject to hydrolysis) is 1. The van der Waals surface area contributed by atoms with Crippen LogP contribution in [0.4, 0.5) is 19.3 Å². The minimum Gasteiger partial charge on any atom is -0.448 e. The Kier molecular flexibility index (Phi) is 10.2. The molecule has 0 heterocycles. The Morgan fingerprint density at radius 3 is 2.34 bits per heavy atom. The average Bonchev–Trinajstić information content (AvgIpc) is 2.82. The number of nitrogens with one attached hydrogen (secondary N) is 4. The van der Waals surface area contributed by atoms with Gasteiger partial charge in [0.05, 0.1) is 0 Å². The van der Waals surface area contributed by atoms with Gasteiger partial charge in [-0.2, -0.15) is 0 Å². The summed E-state index contributed by atoms with van der Waals surface area (Å²) in [5.74, 6) is -2.08. The first kappa shape index (κ1) is 29.5. The number of benzene rings is 2. The van der Waals surface area contributed by atoms with Gasteiger partial charge in [-0.25, -0.2) is 22.0 Å². The van der Waals surface area contributed by atoms with Crippen molar-refractivity contribution in [3.8, 4) is 0 Å². The summed E-state index contributed by atoms with van der Waals surface area (Å²) >= 11 is 11.0. The van der Waals surface area contributed by atoms with E-state index in [2.05, 4.69) is 21.3 Å². The van der Waals surface area contributed by atoms with Crippen LogP contribution < -0.4 is 21.3 Å². The van der Waals surface area contributed by atoms with Crippen LogP contribution in [-0.4, -0.2) is 57.0 Å². The van der Waals surface area contributed by atoms with E-state index in [-0.39, 0.29) is 40.9 Å². The Morgan fingerprint density at radius 1 is 1.05 bits per heavy atom. The second-order valence-corrected chi connectivity index (χ2v) is 11.6. The van der Waals surface area contributed by atoms with Crippen LogP contribution >= 0.6 is 23.8 Å². The van der Waals surface area contributed by atoms with E-state index < -0.39 is 38.4 Å².